The van der Waals surface area contributed by atoms with Crippen LogP contribution in [0.3, 0.4) is 0 Å². The molecule has 2 aromatic rings. The minimum Gasteiger partial charge on any atom is -0.392 e. The Morgan fingerprint density at radius 2 is 1.91 bits per heavy atom. The number of hydrogen-bond donors (Lipinski definition) is 1. The Labute approximate surface area is 134 Å². The van der Waals surface area contributed by atoms with Crippen LogP contribution in [0.2, 0.25) is 5.02 Å². The Balaban J connectivity index is 2.21. The molecule has 118 valence electrons. The smallest absolute Gasteiger partial charge is 0.123 e. The van der Waals surface area contributed by atoms with E-state index in [9.17, 15) is 9.50 Å². The Morgan fingerprint density at radius 3 is 2.50 bits per heavy atom. The van der Waals surface area contributed by atoms with Gasteiger partial charge in [-0.25, -0.2) is 4.39 Å². The van der Waals surface area contributed by atoms with Gasteiger partial charge in [0.15, 0.2) is 0 Å². The van der Waals surface area contributed by atoms with Crippen LogP contribution < -0.4 is 4.90 Å². The summed E-state index contributed by atoms with van der Waals surface area (Å²) in [4.78, 5) is 2.10. The van der Waals surface area contributed by atoms with E-state index in [-0.39, 0.29) is 12.4 Å². The molecule has 5 heteroatoms. The van der Waals surface area contributed by atoms with Crippen LogP contribution in [0.25, 0.3) is 0 Å². The molecule has 0 aromatic heterocycles. The second kappa shape index (κ2) is 8.13. The molecule has 2 aromatic carbocycles. The van der Waals surface area contributed by atoms with Crippen LogP contribution in [-0.2, 0) is 17.9 Å². The normalized spacial score (nSPS) is 10.7. The molecule has 0 aliphatic rings. The van der Waals surface area contributed by atoms with Crippen LogP contribution in [0.5, 0.6) is 0 Å². The molecule has 0 amide bonds. The van der Waals surface area contributed by atoms with Crippen LogP contribution in [-0.4, -0.2) is 25.4 Å². The largest absolute Gasteiger partial charge is 0.392 e. The van der Waals surface area contributed by atoms with Crippen molar-refractivity contribution in [2.45, 2.75) is 13.2 Å². The van der Waals surface area contributed by atoms with Gasteiger partial charge in [-0.05, 0) is 35.4 Å². The van der Waals surface area contributed by atoms with Crippen molar-refractivity contribution in [2.75, 3.05) is 25.2 Å². The molecule has 0 spiro atoms. The van der Waals surface area contributed by atoms with E-state index in [0.29, 0.717) is 30.3 Å². The number of nitrogens with zero attached hydrogens (tertiary/aromatic N) is 1. The average Bonchev–Trinajstić information content (AvgIpc) is 2.53. The summed E-state index contributed by atoms with van der Waals surface area (Å²) in [7, 11) is 1.65. The lowest BCUT2D eigenvalue weighted by molar-refractivity contribution is 0.205. The van der Waals surface area contributed by atoms with Crippen molar-refractivity contribution < 1.29 is 14.2 Å². The van der Waals surface area contributed by atoms with Crippen molar-refractivity contribution in [3.05, 3.63) is 64.4 Å². The van der Waals surface area contributed by atoms with Crippen LogP contribution >= 0.6 is 11.6 Å². The fourth-order valence-electron chi connectivity index (χ4n) is 2.17. The SMILES string of the molecule is COCCN(Cc1ccc(F)cc1)c1ccc(CO)c(Cl)c1. The Kier molecular flexibility index (Phi) is 6.19. The molecule has 0 unspecified atom stereocenters. The molecule has 0 aliphatic carbocycles. The van der Waals surface area contributed by atoms with E-state index < -0.39 is 0 Å². The molecule has 0 saturated heterocycles. The highest BCUT2D eigenvalue weighted by atomic mass is 35.5. The van der Waals surface area contributed by atoms with Crippen LogP contribution in [0, 0.1) is 5.82 Å². The number of ether oxygens (including phenoxy) is 1. The lowest BCUT2D eigenvalue weighted by atomic mass is 10.1. The van der Waals surface area contributed by atoms with Crippen molar-refractivity contribution >= 4 is 17.3 Å². The first-order chi connectivity index (χ1) is 10.6. The van der Waals surface area contributed by atoms with Crippen molar-refractivity contribution in [3.63, 3.8) is 0 Å². The molecule has 1 N–H and O–H groups in total. The fourth-order valence-corrected chi connectivity index (χ4v) is 2.41. The number of aliphatic hydroxyl groups excluding tert-OH is 1. The van der Waals surface area contributed by atoms with E-state index in [1.54, 1.807) is 19.2 Å². The maximum absolute atomic E-state index is 13.0. The molecule has 0 saturated carbocycles. The molecule has 0 bridgehead atoms. The van der Waals surface area contributed by atoms with Crippen molar-refractivity contribution in [2.24, 2.45) is 0 Å². The van der Waals surface area contributed by atoms with Crippen LogP contribution in [0.4, 0.5) is 10.1 Å². The summed E-state index contributed by atoms with van der Waals surface area (Å²) >= 11 is 6.16. The average molecular weight is 324 g/mol. The molecule has 3 nitrogen and oxygen atoms in total. The number of halogens is 2. The Morgan fingerprint density at radius 1 is 1.18 bits per heavy atom. The summed E-state index contributed by atoms with van der Waals surface area (Å²) in [6.45, 7) is 1.79. The predicted molar refractivity (Wildman–Crippen MR) is 86.7 cm³/mol. The van der Waals surface area contributed by atoms with Gasteiger partial charge in [0.25, 0.3) is 0 Å². The molecule has 0 atom stereocenters. The van der Waals surface area contributed by atoms with E-state index in [4.69, 9.17) is 16.3 Å². The first-order valence-corrected chi connectivity index (χ1v) is 7.39. The standard InChI is InChI=1S/C17H19ClFNO2/c1-22-9-8-20(11-13-2-5-15(19)6-3-13)16-7-4-14(12-21)17(18)10-16/h2-7,10,21H,8-9,11-12H2,1H3. The minimum atomic E-state index is -0.248. The third-order valence-corrected chi connectivity index (χ3v) is 3.78. The van der Waals surface area contributed by atoms with Gasteiger partial charge in [0.2, 0.25) is 0 Å². The van der Waals surface area contributed by atoms with Gasteiger partial charge in [-0.15, -0.1) is 0 Å². The fraction of sp³-hybridized carbons (Fsp3) is 0.294. The minimum absolute atomic E-state index is 0.0881. The molecule has 2 rings (SSSR count). The van der Waals surface area contributed by atoms with E-state index in [1.807, 2.05) is 18.2 Å². The first-order valence-electron chi connectivity index (χ1n) is 7.01. The maximum atomic E-state index is 13.0. The highest BCUT2D eigenvalue weighted by Gasteiger charge is 2.10. The first kappa shape index (κ1) is 16.7. The van der Waals surface area contributed by atoms with Gasteiger partial charge in [0, 0.05) is 30.9 Å². The summed E-state index contributed by atoms with van der Waals surface area (Å²) < 4.78 is 18.2. The molecular weight excluding hydrogens is 305 g/mol. The zero-order valence-electron chi connectivity index (χ0n) is 12.4. The molecule has 0 aliphatic heterocycles. The third-order valence-electron chi connectivity index (χ3n) is 3.42. The van der Waals surface area contributed by atoms with E-state index in [1.165, 1.54) is 12.1 Å². The van der Waals surface area contributed by atoms with Crippen LogP contribution in [0.15, 0.2) is 42.5 Å². The third kappa shape index (κ3) is 4.44. The summed E-state index contributed by atoms with van der Waals surface area (Å²) in [5, 5.41) is 9.73. The number of benzene rings is 2. The number of hydrogen-bond acceptors (Lipinski definition) is 3. The summed E-state index contributed by atoms with van der Waals surface area (Å²) in [6, 6.07) is 12.0. The van der Waals surface area contributed by atoms with Crippen molar-refractivity contribution in [1.29, 1.82) is 0 Å². The summed E-state index contributed by atoms with van der Waals surface area (Å²) in [6.07, 6.45) is 0. The predicted octanol–water partition coefficient (Wildman–Crippen LogP) is 3.62. The lowest BCUT2D eigenvalue weighted by Gasteiger charge is -2.25. The number of anilines is 1. The van der Waals surface area contributed by atoms with Crippen LogP contribution in [0.1, 0.15) is 11.1 Å². The molecule has 0 heterocycles. The highest BCUT2D eigenvalue weighted by molar-refractivity contribution is 6.31. The molecule has 0 radical (unpaired) electrons. The molecular formula is C17H19ClFNO2. The number of rotatable bonds is 7. The Bertz CT molecular complexity index is 604. The van der Waals surface area contributed by atoms with Gasteiger partial charge in [-0.1, -0.05) is 29.8 Å². The molecule has 0 fully saturated rings. The van der Waals surface area contributed by atoms with Crippen molar-refractivity contribution in [3.8, 4) is 0 Å². The van der Waals surface area contributed by atoms with Gasteiger partial charge < -0.3 is 14.7 Å². The van der Waals surface area contributed by atoms with E-state index >= 15 is 0 Å². The number of aliphatic hydroxyl groups is 1. The zero-order chi connectivity index (χ0) is 15.9. The lowest BCUT2D eigenvalue weighted by Crippen LogP contribution is -2.26. The van der Waals surface area contributed by atoms with Gasteiger partial charge in [-0.2, -0.15) is 0 Å². The maximum Gasteiger partial charge on any atom is 0.123 e. The topological polar surface area (TPSA) is 32.7 Å². The van der Waals surface area contributed by atoms with Crippen molar-refractivity contribution in [1.82, 2.24) is 0 Å². The van der Waals surface area contributed by atoms with Gasteiger partial charge >= 0.3 is 0 Å². The quantitative estimate of drug-likeness (QED) is 0.844. The van der Waals surface area contributed by atoms with E-state index in [0.717, 1.165) is 11.3 Å². The van der Waals surface area contributed by atoms with E-state index in [2.05, 4.69) is 4.90 Å². The summed E-state index contributed by atoms with van der Waals surface area (Å²) in [5.74, 6) is -0.248. The van der Waals surface area contributed by atoms with Gasteiger partial charge in [0.05, 0.1) is 13.2 Å². The number of methoxy groups -OCH3 is 1. The van der Waals surface area contributed by atoms with Gasteiger partial charge in [0.1, 0.15) is 5.82 Å². The molecule has 22 heavy (non-hydrogen) atoms. The second-order valence-electron chi connectivity index (χ2n) is 4.97. The zero-order valence-corrected chi connectivity index (χ0v) is 13.2. The monoisotopic (exact) mass is 323 g/mol. The second-order valence-corrected chi connectivity index (χ2v) is 5.38. The summed E-state index contributed by atoms with van der Waals surface area (Å²) in [5.41, 5.74) is 2.63. The Hall–Kier alpha value is -1.62. The highest BCUT2D eigenvalue weighted by Crippen LogP contribution is 2.25. The van der Waals surface area contributed by atoms with Gasteiger partial charge in [-0.3, -0.25) is 0 Å².